The van der Waals surface area contributed by atoms with E-state index in [1.165, 1.54) is 32.2 Å². The van der Waals surface area contributed by atoms with Gasteiger partial charge >= 0.3 is 0 Å². The summed E-state index contributed by atoms with van der Waals surface area (Å²) in [4.78, 5) is 11.2. The monoisotopic (exact) mass is 312 g/mol. The molecule has 116 valence electrons. The SMILES string of the molecule is COc1cc(S(=O)(=O)NC2CCCC2)ccc1NC(C)=O. The first-order chi connectivity index (χ1) is 9.92. The molecule has 7 heteroatoms. The van der Waals surface area contributed by atoms with Crippen molar-refractivity contribution in [2.24, 2.45) is 0 Å². The third-order valence-electron chi connectivity index (χ3n) is 3.47. The van der Waals surface area contributed by atoms with Crippen LogP contribution in [0.25, 0.3) is 0 Å². The van der Waals surface area contributed by atoms with Crippen LogP contribution in [-0.4, -0.2) is 27.5 Å². The maximum absolute atomic E-state index is 12.3. The second kappa shape index (κ2) is 6.44. The molecule has 0 heterocycles. The first kappa shape index (κ1) is 15.8. The first-order valence-electron chi connectivity index (χ1n) is 6.90. The summed E-state index contributed by atoms with van der Waals surface area (Å²) in [5.74, 6) is 0.0764. The van der Waals surface area contributed by atoms with Gasteiger partial charge in [-0.3, -0.25) is 4.79 Å². The molecule has 0 saturated heterocycles. The van der Waals surface area contributed by atoms with Crippen LogP contribution in [0.3, 0.4) is 0 Å². The highest BCUT2D eigenvalue weighted by atomic mass is 32.2. The van der Waals surface area contributed by atoms with E-state index in [9.17, 15) is 13.2 Å². The van der Waals surface area contributed by atoms with Crippen molar-refractivity contribution in [1.29, 1.82) is 0 Å². The Morgan fingerprint density at radius 3 is 2.52 bits per heavy atom. The maximum atomic E-state index is 12.3. The van der Waals surface area contributed by atoms with Gasteiger partial charge in [0, 0.05) is 19.0 Å². The normalized spacial score (nSPS) is 15.9. The minimum Gasteiger partial charge on any atom is -0.495 e. The third-order valence-corrected chi connectivity index (χ3v) is 4.99. The minimum absolute atomic E-state index is 0.0102. The largest absolute Gasteiger partial charge is 0.495 e. The average Bonchev–Trinajstić information content (AvgIpc) is 2.90. The van der Waals surface area contributed by atoms with E-state index in [4.69, 9.17) is 4.74 Å². The smallest absolute Gasteiger partial charge is 0.240 e. The zero-order valence-electron chi connectivity index (χ0n) is 12.2. The molecule has 1 saturated carbocycles. The molecule has 1 fully saturated rings. The van der Waals surface area contributed by atoms with Crippen LogP contribution in [-0.2, 0) is 14.8 Å². The van der Waals surface area contributed by atoms with E-state index in [0.717, 1.165) is 25.7 Å². The van der Waals surface area contributed by atoms with E-state index in [0.29, 0.717) is 11.4 Å². The van der Waals surface area contributed by atoms with Crippen LogP contribution in [0.2, 0.25) is 0 Å². The summed E-state index contributed by atoms with van der Waals surface area (Å²) >= 11 is 0. The van der Waals surface area contributed by atoms with Gasteiger partial charge in [-0.1, -0.05) is 12.8 Å². The molecule has 2 rings (SSSR count). The topological polar surface area (TPSA) is 84.5 Å². The van der Waals surface area contributed by atoms with Crippen molar-refractivity contribution in [1.82, 2.24) is 4.72 Å². The first-order valence-corrected chi connectivity index (χ1v) is 8.38. The molecule has 0 bridgehead atoms. The summed E-state index contributed by atoms with van der Waals surface area (Å²) < 4.78 is 32.5. The summed E-state index contributed by atoms with van der Waals surface area (Å²) in [6.45, 7) is 1.38. The van der Waals surface area contributed by atoms with Gasteiger partial charge in [0.05, 0.1) is 17.7 Å². The lowest BCUT2D eigenvalue weighted by Gasteiger charge is -2.14. The Morgan fingerprint density at radius 2 is 1.95 bits per heavy atom. The van der Waals surface area contributed by atoms with E-state index in [1.54, 1.807) is 0 Å². The number of ether oxygens (including phenoxy) is 1. The molecule has 1 aliphatic rings. The fraction of sp³-hybridized carbons (Fsp3) is 0.500. The van der Waals surface area contributed by atoms with Gasteiger partial charge in [-0.15, -0.1) is 0 Å². The maximum Gasteiger partial charge on any atom is 0.240 e. The molecule has 1 aliphatic carbocycles. The van der Waals surface area contributed by atoms with Crippen molar-refractivity contribution in [3.63, 3.8) is 0 Å². The Hall–Kier alpha value is -1.60. The van der Waals surface area contributed by atoms with Crippen molar-refractivity contribution in [2.75, 3.05) is 12.4 Å². The fourth-order valence-corrected chi connectivity index (χ4v) is 3.78. The number of methoxy groups -OCH3 is 1. The van der Waals surface area contributed by atoms with E-state index in [-0.39, 0.29) is 16.8 Å². The summed E-state index contributed by atoms with van der Waals surface area (Å²) in [6, 6.07) is 4.42. The van der Waals surface area contributed by atoms with Crippen molar-refractivity contribution >= 4 is 21.6 Å². The van der Waals surface area contributed by atoms with Gasteiger partial charge in [0.25, 0.3) is 0 Å². The summed E-state index contributed by atoms with van der Waals surface area (Å²) in [7, 11) is -2.13. The quantitative estimate of drug-likeness (QED) is 0.869. The highest BCUT2D eigenvalue weighted by molar-refractivity contribution is 7.89. The van der Waals surface area contributed by atoms with Crippen LogP contribution < -0.4 is 14.8 Å². The Kier molecular flexibility index (Phi) is 4.84. The predicted molar refractivity (Wildman–Crippen MR) is 79.9 cm³/mol. The van der Waals surface area contributed by atoms with Crippen molar-refractivity contribution in [3.8, 4) is 5.75 Å². The van der Waals surface area contributed by atoms with Crippen LogP contribution in [0, 0.1) is 0 Å². The Labute approximate surface area is 124 Å². The Balaban J connectivity index is 2.24. The van der Waals surface area contributed by atoms with Gasteiger partial charge < -0.3 is 10.1 Å². The molecule has 1 aromatic carbocycles. The van der Waals surface area contributed by atoms with Gasteiger partial charge in [-0.05, 0) is 25.0 Å². The zero-order chi connectivity index (χ0) is 15.5. The van der Waals surface area contributed by atoms with Crippen molar-refractivity contribution in [3.05, 3.63) is 18.2 Å². The number of anilines is 1. The molecule has 1 amide bonds. The molecular weight excluding hydrogens is 292 g/mol. The number of sulfonamides is 1. The summed E-state index contributed by atoms with van der Waals surface area (Å²) in [5.41, 5.74) is 0.449. The van der Waals surface area contributed by atoms with Crippen LogP contribution >= 0.6 is 0 Å². The Morgan fingerprint density at radius 1 is 1.29 bits per heavy atom. The van der Waals surface area contributed by atoms with Gasteiger partial charge in [0.15, 0.2) is 0 Å². The predicted octanol–water partition coefficient (Wildman–Crippen LogP) is 1.87. The fourth-order valence-electron chi connectivity index (χ4n) is 2.46. The lowest BCUT2D eigenvalue weighted by atomic mass is 10.3. The minimum atomic E-state index is -3.56. The number of amides is 1. The molecule has 2 N–H and O–H groups in total. The van der Waals surface area contributed by atoms with Crippen LogP contribution in [0.1, 0.15) is 32.6 Å². The summed E-state index contributed by atoms with van der Waals surface area (Å²) in [6.07, 6.45) is 3.86. The van der Waals surface area contributed by atoms with Crippen molar-refractivity contribution < 1.29 is 17.9 Å². The van der Waals surface area contributed by atoms with E-state index in [1.807, 2.05) is 0 Å². The highest BCUT2D eigenvalue weighted by Gasteiger charge is 2.23. The van der Waals surface area contributed by atoms with Gasteiger partial charge in [-0.25, -0.2) is 13.1 Å². The Bertz CT molecular complexity index is 622. The number of rotatable bonds is 5. The third kappa shape index (κ3) is 3.95. The number of nitrogens with one attached hydrogen (secondary N) is 2. The summed E-state index contributed by atoms with van der Waals surface area (Å²) in [5, 5.41) is 2.60. The lowest BCUT2D eigenvalue weighted by Crippen LogP contribution is -2.32. The molecule has 0 spiro atoms. The van der Waals surface area contributed by atoms with Crippen LogP contribution in [0.4, 0.5) is 5.69 Å². The van der Waals surface area contributed by atoms with Crippen LogP contribution in [0.5, 0.6) is 5.75 Å². The standard InChI is InChI=1S/C14H20N2O4S/c1-10(17)15-13-8-7-12(9-14(13)20-2)21(18,19)16-11-5-3-4-6-11/h7-9,11,16H,3-6H2,1-2H3,(H,15,17). The number of hydrogen-bond acceptors (Lipinski definition) is 4. The average molecular weight is 312 g/mol. The van der Waals surface area contributed by atoms with Crippen molar-refractivity contribution in [2.45, 2.75) is 43.5 Å². The van der Waals surface area contributed by atoms with Gasteiger partial charge in [0.2, 0.25) is 15.9 Å². The molecular formula is C14H20N2O4S. The second-order valence-electron chi connectivity index (χ2n) is 5.15. The molecule has 6 nitrogen and oxygen atoms in total. The second-order valence-corrected chi connectivity index (χ2v) is 6.86. The van der Waals surface area contributed by atoms with Gasteiger partial charge in [0.1, 0.15) is 5.75 Å². The van der Waals surface area contributed by atoms with E-state index < -0.39 is 10.0 Å². The highest BCUT2D eigenvalue weighted by Crippen LogP contribution is 2.28. The molecule has 0 aromatic heterocycles. The number of hydrogen-bond donors (Lipinski definition) is 2. The van der Waals surface area contributed by atoms with Crippen LogP contribution in [0.15, 0.2) is 23.1 Å². The molecule has 0 radical (unpaired) electrons. The molecule has 1 aromatic rings. The molecule has 0 atom stereocenters. The zero-order valence-corrected chi connectivity index (χ0v) is 13.0. The number of benzene rings is 1. The number of carbonyl (C=O) groups is 1. The van der Waals surface area contributed by atoms with E-state index in [2.05, 4.69) is 10.0 Å². The molecule has 21 heavy (non-hydrogen) atoms. The van der Waals surface area contributed by atoms with Gasteiger partial charge in [-0.2, -0.15) is 0 Å². The molecule has 0 unspecified atom stereocenters. The molecule has 0 aliphatic heterocycles. The van der Waals surface area contributed by atoms with E-state index >= 15 is 0 Å². The number of carbonyl (C=O) groups excluding carboxylic acids is 1. The lowest BCUT2D eigenvalue weighted by molar-refractivity contribution is -0.114.